The van der Waals surface area contributed by atoms with Crippen LogP contribution in [0.4, 0.5) is 0 Å². The van der Waals surface area contributed by atoms with Crippen LogP contribution in [0.25, 0.3) is 0 Å². The highest BCUT2D eigenvalue weighted by atomic mass is 31.2. The summed E-state index contributed by atoms with van der Waals surface area (Å²) in [6.07, 6.45) is 47.1. The average Bonchev–Trinajstić information content (AvgIpc) is 3.13. The molecule has 0 aromatic heterocycles. The first-order valence-corrected chi connectivity index (χ1v) is 22.6. The van der Waals surface area contributed by atoms with Crippen molar-refractivity contribution in [3.63, 3.8) is 0 Å². The van der Waals surface area contributed by atoms with Crippen LogP contribution in [0.15, 0.2) is 48.6 Å². The highest BCUT2D eigenvalue weighted by molar-refractivity contribution is 7.47. The Hall–Kier alpha value is -1.54. The minimum Gasteiger partial charge on any atom is -0.457 e. The smallest absolute Gasteiger partial charge is 0.457 e. The van der Waals surface area contributed by atoms with E-state index in [1.807, 2.05) is 12.2 Å². The van der Waals surface area contributed by atoms with Crippen molar-refractivity contribution in [3.05, 3.63) is 48.6 Å². The zero-order valence-electron chi connectivity index (χ0n) is 33.5. The lowest BCUT2D eigenvalue weighted by molar-refractivity contribution is -0.154. The second-order valence-corrected chi connectivity index (χ2v) is 15.3. The molecular formula is C43H80NO7P. The summed E-state index contributed by atoms with van der Waals surface area (Å²) in [4.78, 5) is 22.4. The Balaban J connectivity index is 4.17. The van der Waals surface area contributed by atoms with Gasteiger partial charge in [-0.1, -0.05) is 178 Å². The molecule has 0 aromatic rings. The number of phosphoric acid groups is 1. The molecule has 2 atom stereocenters. The van der Waals surface area contributed by atoms with Gasteiger partial charge in [0, 0.05) is 19.6 Å². The molecule has 0 saturated carbocycles. The summed E-state index contributed by atoms with van der Waals surface area (Å²) in [5, 5.41) is 0. The van der Waals surface area contributed by atoms with Crippen molar-refractivity contribution >= 4 is 13.8 Å². The predicted molar refractivity (Wildman–Crippen MR) is 219 cm³/mol. The molecule has 2 unspecified atom stereocenters. The van der Waals surface area contributed by atoms with E-state index in [-0.39, 0.29) is 32.8 Å². The first-order valence-electron chi connectivity index (χ1n) is 21.1. The van der Waals surface area contributed by atoms with Crippen LogP contribution in [-0.2, 0) is 27.9 Å². The maximum atomic E-state index is 12.5. The Kier molecular flexibility index (Phi) is 39.4. The van der Waals surface area contributed by atoms with Crippen LogP contribution in [0.3, 0.4) is 0 Å². The van der Waals surface area contributed by atoms with Crippen LogP contribution in [0, 0.1) is 0 Å². The lowest BCUT2D eigenvalue weighted by Crippen LogP contribution is -2.28. The molecule has 0 bridgehead atoms. The van der Waals surface area contributed by atoms with Crippen LogP contribution >= 0.6 is 7.82 Å². The number of unbranched alkanes of at least 4 members (excludes halogenated alkanes) is 19. The van der Waals surface area contributed by atoms with Crippen molar-refractivity contribution in [3.8, 4) is 0 Å². The third kappa shape index (κ3) is 39.7. The zero-order valence-corrected chi connectivity index (χ0v) is 34.4. The second-order valence-electron chi connectivity index (χ2n) is 13.9. The summed E-state index contributed by atoms with van der Waals surface area (Å²) in [5.74, 6) is -0.407. The van der Waals surface area contributed by atoms with Crippen molar-refractivity contribution in [1.29, 1.82) is 0 Å². The Labute approximate surface area is 320 Å². The molecule has 0 aliphatic carbocycles. The molecule has 0 aromatic carbocycles. The molecule has 3 N–H and O–H groups in total. The third-order valence-electron chi connectivity index (χ3n) is 8.76. The largest absolute Gasteiger partial charge is 0.472 e. The number of rotatable bonds is 40. The minimum atomic E-state index is -4.29. The Bertz CT molecular complexity index is 936. The molecule has 0 aliphatic rings. The van der Waals surface area contributed by atoms with Gasteiger partial charge >= 0.3 is 13.8 Å². The van der Waals surface area contributed by atoms with E-state index in [1.165, 1.54) is 122 Å². The van der Waals surface area contributed by atoms with Gasteiger partial charge in [-0.25, -0.2) is 4.57 Å². The SMILES string of the molecule is CCCCCCCC/C=C\C/C=C\C/C=C\C/C=C\CCC(=O)OC(COCCCCCCCCCCCCCCCC)COP(=O)(O)OCCN. The normalized spacial score (nSPS) is 14.0. The molecule has 0 saturated heterocycles. The monoisotopic (exact) mass is 754 g/mol. The average molecular weight is 754 g/mol. The molecule has 0 rings (SSSR count). The van der Waals surface area contributed by atoms with Crippen LogP contribution in [0.5, 0.6) is 0 Å². The summed E-state index contributed by atoms with van der Waals surface area (Å²) in [6.45, 7) is 4.83. The Morgan fingerprint density at radius 3 is 1.52 bits per heavy atom. The number of ether oxygens (including phenoxy) is 2. The van der Waals surface area contributed by atoms with Crippen molar-refractivity contribution in [2.24, 2.45) is 5.73 Å². The van der Waals surface area contributed by atoms with Gasteiger partial charge in [-0.05, 0) is 44.9 Å². The molecule has 0 radical (unpaired) electrons. The second kappa shape index (κ2) is 40.6. The fourth-order valence-electron chi connectivity index (χ4n) is 5.65. The third-order valence-corrected chi connectivity index (χ3v) is 9.75. The molecule has 304 valence electrons. The molecule has 0 aliphatic heterocycles. The van der Waals surface area contributed by atoms with E-state index < -0.39 is 19.9 Å². The number of phosphoric ester groups is 1. The van der Waals surface area contributed by atoms with Gasteiger partial charge in [-0.2, -0.15) is 0 Å². The van der Waals surface area contributed by atoms with Gasteiger partial charge in [0.25, 0.3) is 0 Å². The van der Waals surface area contributed by atoms with E-state index in [9.17, 15) is 14.3 Å². The fourth-order valence-corrected chi connectivity index (χ4v) is 6.41. The number of nitrogens with two attached hydrogens (primary N) is 1. The first kappa shape index (κ1) is 50.5. The van der Waals surface area contributed by atoms with E-state index in [4.69, 9.17) is 24.3 Å². The molecule has 0 spiro atoms. The predicted octanol–water partition coefficient (Wildman–Crippen LogP) is 12.4. The first-order chi connectivity index (χ1) is 25.4. The minimum absolute atomic E-state index is 0.0889. The summed E-state index contributed by atoms with van der Waals surface area (Å²) in [7, 11) is -4.29. The lowest BCUT2D eigenvalue weighted by Gasteiger charge is -2.20. The summed E-state index contributed by atoms with van der Waals surface area (Å²) in [5.41, 5.74) is 5.36. The van der Waals surface area contributed by atoms with Gasteiger partial charge in [0.2, 0.25) is 0 Å². The van der Waals surface area contributed by atoms with Crippen molar-refractivity contribution in [2.45, 2.75) is 187 Å². The summed E-state index contributed by atoms with van der Waals surface area (Å²) in [6, 6.07) is 0. The van der Waals surface area contributed by atoms with Crippen molar-refractivity contribution in [2.75, 3.05) is 33.0 Å². The number of carbonyl (C=O) groups is 1. The maximum Gasteiger partial charge on any atom is 0.472 e. The summed E-state index contributed by atoms with van der Waals surface area (Å²) < 4.78 is 33.3. The van der Waals surface area contributed by atoms with E-state index in [0.29, 0.717) is 13.0 Å². The van der Waals surface area contributed by atoms with Gasteiger partial charge in [0.1, 0.15) is 6.10 Å². The summed E-state index contributed by atoms with van der Waals surface area (Å²) >= 11 is 0. The molecule has 0 fully saturated rings. The van der Waals surface area contributed by atoms with E-state index in [2.05, 4.69) is 50.3 Å². The molecule has 9 heteroatoms. The highest BCUT2D eigenvalue weighted by Gasteiger charge is 2.25. The van der Waals surface area contributed by atoms with Gasteiger partial charge < -0.3 is 20.1 Å². The number of allylic oxidation sites excluding steroid dienone is 8. The van der Waals surface area contributed by atoms with Crippen LogP contribution < -0.4 is 5.73 Å². The van der Waals surface area contributed by atoms with Crippen molar-refractivity contribution in [1.82, 2.24) is 0 Å². The van der Waals surface area contributed by atoms with E-state index in [1.54, 1.807) is 0 Å². The molecular weight excluding hydrogens is 673 g/mol. The number of hydrogen-bond donors (Lipinski definition) is 2. The van der Waals surface area contributed by atoms with Gasteiger partial charge in [0.05, 0.1) is 19.8 Å². The van der Waals surface area contributed by atoms with Crippen molar-refractivity contribution < 1.29 is 32.8 Å². The van der Waals surface area contributed by atoms with Crippen LogP contribution in [0.1, 0.15) is 181 Å². The zero-order chi connectivity index (χ0) is 38.1. The topological polar surface area (TPSA) is 117 Å². The van der Waals surface area contributed by atoms with Gasteiger partial charge in [-0.3, -0.25) is 13.8 Å². The quantitative estimate of drug-likeness (QED) is 0.0275. The standard InChI is InChI=1S/C43H80NO7P/c1-3-5-7-9-11-13-15-17-19-20-21-22-23-24-26-28-30-32-34-36-43(45)51-42(41-50-52(46,47)49-39-37-44)40-48-38-35-33-31-29-27-25-18-16-14-12-10-8-6-4-2/h17,19,21-22,24,26,30,32,42H,3-16,18,20,23,25,27-29,31,33-41,44H2,1-2H3,(H,46,47)/b19-17-,22-21-,26-24-,32-30-. The number of esters is 1. The fraction of sp³-hybridized carbons (Fsp3) is 0.791. The molecule has 0 amide bonds. The molecule has 8 nitrogen and oxygen atoms in total. The highest BCUT2D eigenvalue weighted by Crippen LogP contribution is 2.43. The van der Waals surface area contributed by atoms with E-state index >= 15 is 0 Å². The Morgan fingerprint density at radius 1 is 0.577 bits per heavy atom. The van der Waals surface area contributed by atoms with Gasteiger partial charge in [0.15, 0.2) is 0 Å². The van der Waals surface area contributed by atoms with Crippen LogP contribution in [0.2, 0.25) is 0 Å². The van der Waals surface area contributed by atoms with Gasteiger partial charge in [-0.15, -0.1) is 0 Å². The maximum absolute atomic E-state index is 12.5. The lowest BCUT2D eigenvalue weighted by atomic mass is 10.0. The van der Waals surface area contributed by atoms with Crippen LogP contribution in [-0.4, -0.2) is 49.9 Å². The Morgan fingerprint density at radius 2 is 1.02 bits per heavy atom. The molecule has 52 heavy (non-hydrogen) atoms. The number of hydrogen-bond acceptors (Lipinski definition) is 7. The van der Waals surface area contributed by atoms with E-state index in [0.717, 1.165) is 32.1 Å². The molecule has 0 heterocycles. The number of carbonyl (C=O) groups excluding carboxylic acids is 1.